The SMILES string of the molecule is COC1CC(c2ccc(SC)c(C)c2)=C(/C=C/C(O)CC(O)CC(=O)O)C(C)(C)C1.[H-].[Na+]. The summed E-state index contributed by atoms with van der Waals surface area (Å²) in [5.74, 6) is -1.08. The Labute approximate surface area is 213 Å². The van der Waals surface area contributed by atoms with E-state index in [0.717, 1.165) is 24.0 Å². The molecule has 0 radical (unpaired) electrons. The van der Waals surface area contributed by atoms with Crippen molar-refractivity contribution in [3.8, 4) is 0 Å². The molecule has 0 aromatic heterocycles. The molecule has 0 fully saturated rings. The van der Waals surface area contributed by atoms with Crippen LogP contribution in [0.25, 0.3) is 5.57 Å². The molecule has 1 aromatic carbocycles. The molecule has 1 aliphatic rings. The molecule has 168 valence electrons. The van der Waals surface area contributed by atoms with Gasteiger partial charge in [-0.2, -0.15) is 0 Å². The zero-order valence-corrected chi connectivity index (χ0v) is 22.3. The van der Waals surface area contributed by atoms with E-state index < -0.39 is 18.2 Å². The molecule has 1 aliphatic carbocycles. The van der Waals surface area contributed by atoms with Gasteiger partial charge in [-0.05, 0) is 59.8 Å². The van der Waals surface area contributed by atoms with Gasteiger partial charge in [0.1, 0.15) is 0 Å². The largest absolute Gasteiger partial charge is 1.00 e. The number of thioether (sulfide) groups is 1. The minimum absolute atomic E-state index is 0. The Morgan fingerprint density at radius 1 is 1.39 bits per heavy atom. The third kappa shape index (κ3) is 8.04. The zero-order valence-electron chi connectivity index (χ0n) is 20.5. The summed E-state index contributed by atoms with van der Waals surface area (Å²) in [6.07, 6.45) is 5.08. The number of carboxylic acids is 1. The Hall–Kier alpha value is -0.600. The van der Waals surface area contributed by atoms with Gasteiger partial charge in [0.25, 0.3) is 0 Å². The summed E-state index contributed by atoms with van der Waals surface area (Å²) >= 11 is 1.73. The van der Waals surface area contributed by atoms with Crippen molar-refractivity contribution in [3.05, 3.63) is 47.1 Å². The maximum Gasteiger partial charge on any atom is 1.00 e. The summed E-state index contributed by atoms with van der Waals surface area (Å²) in [5.41, 5.74) is 4.56. The Morgan fingerprint density at radius 2 is 2.06 bits per heavy atom. The Balaban J connectivity index is 0.00000480. The van der Waals surface area contributed by atoms with E-state index in [1.54, 1.807) is 24.9 Å². The number of hydrogen-bond acceptors (Lipinski definition) is 5. The van der Waals surface area contributed by atoms with Crippen LogP contribution in [0.4, 0.5) is 0 Å². The Kier molecular flexibility index (Phi) is 11.5. The van der Waals surface area contributed by atoms with Gasteiger partial charge in [-0.3, -0.25) is 4.79 Å². The monoisotopic (exact) mass is 458 g/mol. The number of aliphatic carboxylic acids is 1. The summed E-state index contributed by atoms with van der Waals surface area (Å²) in [5, 5.41) is 28.9. The third-order valence-corrected chi connectivity index (χ3v) is 6.61. The zero-order chi connectivity index (χ0) is 22.5. The summed E-state index contributed by atoms with van der Waals surface area (Å²) in [4.78, 5) is 12.0. The number of carbonyl (C=O) groups is 1. The normalized spacial score (nSPS) is 20.4. The summed E-state index contributed by atoms with van der Waals surface area (Å²) in [6, 6.07) is 6.49. The molecular weight excluding hydrogens is 423 g/mol. The third-order valence-electron chi connectivity index (χ3n) is 5.71. The molecule has 0 saturated heterocycles. The van der Waals surface area contributed by atoms with Gasteiger partial charge in [-0.1, -0.05) is 38.1 Å². The molecule has 3 atom stereocenters. The fraction of sp³-hybridized carbons (Fsp3) is 0.542. The van der Waals surface area contributed by atoms with E-state index in [2.05, 4.69) is 45.2 Å². The molecule has 3 N–H and O–H groups in total. The van der Waals surface area contributed by atoms with Crippen LogP contribution in [0.2, 0.25) is 0 Å². The van der Waals surface area contributed by atoms with E-state index in [1.165, 1.54) is 16.0 Å². The summed E-state index contributed by atoms with van der Waals surface area (Å²) < 4.78 is 5.72. The van der Waals surface area contributed by atoms with Gasteiger partial charge < -0.3 is 21.5 Å². The average Bonchev–Trinajstić information content (AvgIpc) is 2.64. The average molecular weight is 459 g/mol. The molecule has 1 aromatic rings. The predicted molar refractivity (Wildman–Crippen MR) is 123 cm³/mol. The smallest absolute Gasteiger partial charge is 1.00 e. The number of hydrogen-bond donors (Lipinski definition) is 3. The van der Waals surface area contributed by atoms with E-state index >= 15 is 0 Å². The van der Waals surface area contributed by atoms with Crippen LogP contribution < -0.4 is 29.6 Å². The van der Waals surface area contributed by atoms with E-state index in [-0.39, 0.29) is 55.3 Å². The molecule has 7 heteroatoms. The van der Waals surface area contributed by atoms with E-state index in [1.807, 2.05) is 6.08 Å². The van der Waals surface area contributed by atoms with E-state index in [0.29, 0.717) is 0 Å². The number of benzene rings is 1. The summed E-state index contributed by atoms with van der Waals surface area (Å²) in [6.45, 7) is 6.46. The van der Waals surface area contributed by atoms with Gasteiger partial charge in [-0.15, -0.1) is 11.8 Å². The van der Waals surface area contributed by atoms with Gasteiger partial charge in [0.15, 0.2) is 0 Å². The second-order valence-corrected chi connectivity index (χ2v) is 9.49. The van der Waals surface area contributed by atoms with Gasteiger partial charge in [0, 0.05) is 18.4 Å². The minimum Gasteiger partial charge on any atom is -1.00 e. The first-order valence-corrected chi connectivity index (χ1v) is 11.5. The van der Waals surface area contributed by atoms with Crippen molar-refractivity contribution in [2.24, 2.45) is 5.41 Å². The van der Waals surface area contributed by atoms with Crippen molar-refractivity contribution >= 4 is 23.3 Å². The van der Waals surface area contributed by atoms with Crippen molar-refractivity contribution in [1.82, 2.24) is 0 Å². The Morgan fingerprint density at radius 3 is 2.61 bits per heavy atom. The number of aliphatic hydroxyl groups is 2. The number of allylic oxidation sites excluding steroid dienone is 2. The first-order chi connectivity index (χ1) is 14.1. The number of aryl methyl sites for hydroxylation is 1. The van der Waals surface area contributed by atoms with E-state index in [4.69, 9.17) is 9.84 Å². The fourth-order valence-electron chi connectivity index (χ4n) is 4.18. The van der Waals surface area contributed by atoms with Crippen LogP contribution in [0.5, 0.6) is 0 Å². The quantitative estimate of drug-likeness (QED) is 0.385. The second-order valence-electron chi connectivity index (χ2n) is 8.64. The first kappa shape index (κ1) is 28.4. The van der Waals surface area contributed by atoms with Gasteiger partial charge >= 0.3 is 35.5 Å². The molecule has 0 heterocycles. The molecule has 0 saturated carbocycles. The molecule has 5 nitrogen and oxygen atoms in total. The van der Waals surface area contributed by atoms with Gasteiger partial charge in [0.05, 0.1) is 24.7 Å². The van der Waals surface area contributed by atoms with Crippen LogP contribution in [0, 0.1) is 12.3 Å². The number of ether oxygens (including phenoxy) is 1. The van der Waals surface area contributed by atoms with Crippen LogP contribution in [-0.4, -0.2) is 53.0 Å². The van der Waals surface area contributed by atoms with Gasteiger partial charge in [0.2, 0.25) is 0 Å². The van der Waals surface area contributed by atoms with Crippen molar-refractivity contribution in [2.75, 3.05) is 13.4 Å². The first-order valence-electron chi connectivity index (χ1n) is 10.2. The van der Waals surface area contributed by atoms with Gasteiger partial charge in [-0.25, -0.2) is 0 Å². The minimum atomic E-state index is -1.08. The van der Waals surface area contributed by atoms with Crippen LogP contribution in [0.3, 0.4) is 0 Å². The van der Waals surface area contributed by atoms with Crippen molar-refractivity contribution < 1.29 is 55.8 Å². The molecular formula is C24H35NaO5S. The molecule has 0 spiro atoms. The second kappa shape index (κ2) is 12.6. The standard InChI is InChI=1S/C24H34O5S.Na.H/c1-15-10-16(6-9-22(15)30-5)20-13-19(29-4)14-24(2,3)21(20)8-7-17(25)11-18(26)12-23(27)28;;/h6-10,17-19,25-26H,11-14H2,1-5H3,(H,27,28);;/q;+1;-1/b8-7+;;. The maximum absolute atomic E-state index is 10.7. The molecule has 0 aliphatic heterocycles. The molecule has 0 bridgehead atoms. The number of carboxylic acid groups (broad SMARTS) is 1. The molecule has 0 amide bonds. The fourth-order valence-corrected chi connectivity index (χ4v) is 4.76. The van der Waals surface area contributed by atoms with Crippen LogP contribution >= 0.6 is 11.8 Å². The molecule has 31 heavy (non-hydrogen) atoms. The van der Waals surface area contributed by atoms with Crippen molar-refractivity contribution in [1.29, 1.82) is 0 Å². The van der Waals surface area contributed by atoms with Crippen molar-refractivity contribution in [3.63, 3.8) is 0 Å². The summed E-state index contributed by atoms with van der Waals surface area (Å²) in [7, 11) is 1.74. The van der Waals surface area contributed by atoms with Crippen LogP contribution in [-0.2, 0) is 9.53 Å². The number of methoxy groups -OCH3 is 1. The van der Waals surface area contributed by atoms with E-state index in [9.17, 15) is 15.0 Å². The van der Waals surface area contributed by atoms with Crippen LogP contribution in [0.1, 0.15) is 52.1 Å². The maximum atomic E-state index is 10.7. The van der Waals surface area contributed by atoms with Crippen LogP contribution in [0.15, 0.2) is 40.8 Å². The predicted octanol–water partition coefficient (Wildman–Crippen LogP) is 1.56. The molecule has 3 unspecified atom stereocenters. The molecule has 2 rings (SSSR count). The Bertz CT molecular complexity index is 825. The number of aliphatic hydroxyl groups excluding tert-OH is 2. The van der Waals surface area contributed by atoms with Crippen molar-refractivity contribution in [2.45, 2.75) is 69.7 Å². The topological polar surface area (TPSA) is 87.0 Å². The number of rotatable bonds is 9.